The van der Waals surface area contributed by atoms with Gasteiger partial charge in [0.15, 0.2) is 0 Å². The fourth-order valence-electron chi connectivity index (χ4n) is 4.56. The van der Waals surface area contributed by atoms with Gasteiger partial charge in [-0.15, -0.1) is 0 Å². The summed E-state index contributed by atoms with van der Waals surface area (Å²) in [6.07, 6.45) is 1.22. The van der Waals surface area contributed by atoms with Crippen molar-refractivity contribution in [2.24, 2.45) is 0 Å². The maximum atomic E-state index is 13.1. The van der Waals surface area contributed by atoms with Gasteiger partial charge in [-0.3, -0.25) is 4.79 Å². The zero-order valence-corrected chi connectivity index (χ0v) is 19.7. The first kappa shape index (κ1) is 22.3. The van der Waals surface area contributed by atoms with E-state index in [1.54, 1.807) is 30.2 Å². The number of anilines is 1. The number of amides is 1. The summed E-state index contributed by atoms with van der Waals surface area (Å²) >= 11 is 6.23. The van der Waals surface area contributed by atoms with Crippen LogP contribution in [0, 0.1) is 0 Å². The molecule has 4 aromatic rings. The Hall–Kier alpha value is -3.51. The number of aryl methyl sites for hydroxylation is 1. The minimum absolute atomic E-state index is 0.0290. The van der Waals surface area contributed by atoms with E-state index in [4.69, 9.17) is 26.1 Å². The third-order valence-corrected chi connectivity index (χ3v) is 6.38. The standard InChI is InChI=1S/C27H26ClN3O3/c1-33-25-13-12-20(28)17-24(25)31-18-19(16-26(31)32)27-29-22-10-5-6-11-23(22)30(27)14-7-15-34-21-8-3-2-4-9-21/h2-6,8-13,17,19H,7,14-16,18H2,1H3. The average Bonchev–Trinajstić information content (AvgIpc) is 3.43. The van der Waals surface area contributed by atoms with Crippen molar-refractivity contribution in [3.63, 3.8) is 0 Å². The van der Waals surface area contributed by atoms with Crippen LogP contribution in [0.5, 0.6) is 11.5 Å². The van der Waals surface area contributed by atoms with Gasteiger partial charge in [0.1, 0.15) is 17.3 Å². The van der Waals surface area contributed by atoms with Gasteiger partial charge in [0.05, 0.1) is 30.4 Å². The summed E-state index contributed by atoms with van der Waals surface area (Å²) in [5, 5.41) is 0.567. The van der Waals surface area contributed by atoms with Crippen molar-refractivity contribution in [1.82, 2.24) is 9.55 Å². The Morgan fingerprint density at radius 3 is 2.68 bits per heavy atom. The SMILES string of the molecule is COc1ccc(Cl)cc1N1CC(c2nc3ccccc3n2CCCOc2ccccc2)CC1=O. The highest BCUT2D eigenvalue weighted by Crippen LogP contribution is 2.38. The highest BCUT2D eigenvalue weighted by atomic mass is 35.5. The van der Waals surface area contributed by atoms with E-state index in [0.717, 1.165) is 35.6 Å². The molecule has 0 N–H and O–H groups in total. The zero-order chi connectivity index (χ0) is 23.5. The summed E-state index contributed by atoms with van der Waals surface area (Å²) in [5.74, 6) is 2.43. The summed E-state index contributed by atoms with van der Waals surface area (Å²) in [4.78, 5) is 19.8. The lowest BCUT2D eigenvalue weighted by Gasteiger charge is -2.20. The van der Waals surface area contributed by atoms with Crippen LogP contribution in [-0.2, 0) is 11.3 Å². The Kier molecular flexibility index (Phi) is 6.41. The first-order valence-electron chi connectivity index (χ1n) is 11.4. The fourth-order valence-corrected chi connectivity index (χ4v) is 4.72. The topological polar surface area (TPSA) is 56.6 Å². The molecule has 1 saturated heterocycles. The molecular formula is C27H26ClN3O3. The van der Waals surface area contributed by atoms with E-state index in [9.17, 15) is 4.79 Å². The third kappa shape index (κ3) is 4.46. The van der Waals surface area contributed by atoms with Gasteiger partial charge >= 0.3 is 0 Å². The molecule has 0 bridgehead atoms. The number of carbonyl (C=O) groups is 1. The average molecular weight is 476 g/mol. The van der Waals surface area contributed by atoms with Crippen LogP contribution >= 0.6 is 11.6 Å². The zero-order valence-electron chi connectivity index (χ0n) is 19.0. The van der Waals surface area contributed by atoms with Crippen LogP contribution < -0.4 is 14.4 Å². The second-order valence-corrected chi connectivity index (χ2v) is 8.78. The molecular weight excluding hydrogens is 450 g/mol. The predicted octanol–water partition coefficient (Wildman–Crippen LogP) is 5.69. The predicted molar refractivity (Wildman–Crippen MR) is 134 cm³/mol. The molecule has 1 fully saturated rings. The molecule has 7 heteroatoms. The van der Waals surface area contributed by atoms with Crippen molar-refractivity contribution in [2.45, 2.75) is 25.3 Å². The molecule has 1 aliphatic heterocycles. The maximum Gasteiger partial charge on any atom is 0.227 e. The van der Waals surface area contributed by atoms with Gasteiger partial charge < -0.3 is 18.9 Å². The number of hydrogen-bond acceptors (Lipinski definition) is 4. The van der Waals surface area contributed by atoms with Gasteiger partial charge in [0.25, 0.3) is 0 Å². The van der Waals surface area contributed by atoms with Crippen LogP contribution in [0.25, 0.3) is 11.0 Å². The Balaban J connectivity index is 1.38. The molecule has 3 aromatic carbocycles. The molecule has 0 spiro atoms. The molecule has 34 heavy (non-hydrogen) atoms. The molecule has 2 heterocycles. The Bertz CT molecular complexity index is 1310. The molecule has 0 saturated carbocycles. The number of hydrogen-bond donors (Lipinski definition) is 0. The van der Waals surface area contributed by atoms with Crippen LogP contribution in [0.2, 0.25) is 5.02 Å². The van der Waals surface area contributed by atoms with E-state index in [1.807, 2.05) is 48.5 Å². The Labute approximate surface area is 203 Å². The number of benzene rings is 3. The van der Waals surface area contributed by atoms with Gasteiger partial charge in [-0.05, 0) is 48.9 Å². The lowest BCUT2D eigenvalue weighted by molar-refractivity contribution is -0.117. The monoisotopic (exact) mass is 475 g/mol. The molecule has 1 aromatic heterocycles. The highest BCUT2D eigenvalue weighted by molar-refractivity contribution is 6.31. The summed E-state index contributed by atoms with van der Waals surface area (Å²) < 4.78 is 13.6. The van der Waals surface area contributed by atoms with E-state index in [0.29, 0.717) is 36.0 Å². The maximum absolute atomic E-state index is 13.1. The molecule has 5 rings (SSSR count). The van der Waals surface area contributed by atoms with Crippen LogP contribution in [0.4, 0.5) is 5.69 Å². The summed E-state index contributed by atoms with van der Waals surface area (Å²) in [7, 11) is 1.60. The molecule has 174 valence electrons. The second-order valence-electron chi connectivity index (χ2n) is 8.35. The van der Waals surface area contributed by atoms with E-state index in [1.165, 1.54) is 0 Å². The first-order chi connectivity index (χ1) is 16.6. The first-order valence-corrected chi connectivity index (χ1v) is 11.8. The number of nitrogens with zero attached hydrogens (tertiary/aromatic N) is 3. The molecule has 1 unspecified atom stereocenters. The van der Waals surface area contributed by atoms with Crippen LogP contribution in [0.3, 0.4) is 0 Å². The largest absolute Gasteiger partial charge is 0.495 e. The number of fused-ring (bicyclic) bond motifs is 1. The van der Waals surface area contributed by atoms with Gasteiger partial charge in [-0.1, -0.05) is 41.9 Å². The van der Waals surface area contributed by atoms with Crippen LogP contribution in [0.1, 0.15) is 24.6 Å². The van der Waals surface area contributed by atoms with Gasteiger partial charge in [0.2, 0.25) is 5.91 Å². The van der Waals surface area contributed by atoms with Crippen molar-refractivity contribution in [3.8, 4) is 11.5 Å². The minimum Gasteiger partial charge on any atom is -0.495 e. The number of carbonyl (C=O) groups excluding carboxylic acids is 1. The third-order valence-electron chi connectivity index (χ3n) is 6.14. The quantitative estimate of drug-likeness (QED) is 0.307. The minimum atomic E-state index is -0.0290. The number of rotatable bonds is 8. The van der Waals surface area contributed by atoms with Crippen molar-refractivity contribution < 1.29 is 14.3 Å². The number of ether oxygens (including phenoxy) is 2. The molecule has 6 nitrogen and oxygen atoms in total. The lowest BCUT2D eigenvalue weighted by Crippen LogP contribution is -2.25. The van der Waals surface area contributed by atoms with E-state index in [2.05, 4.69) is 10.6 Å². The van der Waals surface area contributed by atoms with Crippen molar-refractivity contribution in [1.29, 1.82) is 0 Å². The number of imidazole rings is 1. The van der Waals surface area contributed by atoms with E-state index in [-0.39, 0.29) is 11.8 Å². The fraction of sp³-hybridized carbons (Fsp3) is 0.259. The van der Waals surface area contributed by atoms with Gasteiger partial charge in [-0.25, -0.2) is 4.98 Å². The number of halogens is 1. The molecule has 1 aliphatic rings. The van der Waals surface area contributed by atoms with Crippen molar-refractivity contribution >= 4 is 34.2 Å². The van der Waals surface area contributed by atoms with Gasteiger partial charge in [-0.2, -0.15) is 0 Å². The van der Waals surface area contributed by atoms with Gasteiger partial charge in [0, 0.05) is 30.5 Å². The number of para-hydroxylation sites is 3. The molecule has 0 aliphatic carbocycles. The van der Waals surface area contributed by atoms with Crippen molar-refractivity contribution in [3.05, 3.63) is 83.6 Å². The number of methoxy groups -OCH3 is 1. The Morgan fingerprint density at radius 1 is 1.06 bits per heavy atom. The lowest BCUT2D eigenvalue weighted by atomic mass is 10.1. The second kappa shape index (κ2) is 9.77. The normalized spacial score (nSPS) is 15.8. The van der Waals surface area contributed by atoms with Crippen LogP contribution in [0.15, 0.2) is 72.8 Å². The summed E-state index contributed by atoms with van der Waals surface area (Å²) in [6, 6.07) is 23.3. The van der Waals surface area contributed by atoms with Crippen molar-refractivity contribution in [2.75, 3.05) is 25.2 Å². The number of aromatic nitrogens is 2. The van der Waals surface area contributed by atoms with E-state index < -0.39 is 0 Å². The van der Waals surface area contributed by atoms with Crippen LogP contribution in [-0.4, -0.2) is 35.7 Å². The summed E-state index contributed by atoms with van der Waals surface area (Å²) in [5.41, 5.74) is 2.71. The van der Waals surface area contributed by atoms with E-state index >= 15 is 0 Å². The molecule has 1 atom stereocenters. The molecule has 1 amide bonds. The Morgan fingerprint density at radius 2 is 1.85 bits per heavy atom. The summed E-state index contributed by atoms with van der Waals surface area (Å²) in [6.45, 7) is 1.89. The highest BCUT2D eigenvalue weighted by Gasteiger charge is 2.36. The molecule has 0 radical (unpaired) electrons. The smallest absolute Gasteiger partial charge is 0.227 e.